The van der Waals surface area contributed by atoms with E-state index in [-0.39, 0.29) is 5.78 Å². The molecule has 0 aliphatic rings. The zero-order valence-electron chi connectivity index (χ0n) is 17.0. The minimum Gasteiger partial charge on any atom is -0.480 e. The Kier molecular flexibility index (Phi) is 7.01. The maximum Gasteiger partial charge on any atom is 0.323 e. The number of carboxylic acid groups (broad SMARTS) is 1. The number of ketones is 1. The van der Waals surface area contributed by atoms with E-state index in [1.807, 2.05) is 66.2 Å². The highest BCUT2D eigenvalue weighted by Gasteiger charge is 2.12. The number of aryl methyl sites for hydroxylation is 1. The van der Waals surface area contributed by atoms with Gasteiger partial charge in [-0.2, -0.15) is 0 Å². The van der Waals surface area contributed by atoms with Crippen molar-refractivity contribution < 1.29 is 19.5 Å². The molecule has 0 bridgehead atoms. The fraction of sp³-hybridized carbons (Fsp3) is 0.125. The molecule has 0 saturated heterocycles. The largest absolute Gasteiger partial charge is 0.480 e. The van der Waals surface area contributed by atoms with Crippen LogP contribution in [0.3, 0.4) is 0 Å². The molecule has 0 aliphatic heterocycles. The smallest absolute Gasteiger partial charge is 0.323 e. The standard InChI is InChI=1S/C24H23N3O4/c1-17-9-11-19(12-10-17)23(30)21-8-4-14-27(21)13-3-6-18-5-2-7-20(15-18)26-24(31)25-16-22(28)29/h2-12,14-15H,13,16H2,1H3,(H,28,29)(H2,25,26,31)/b6-3+. The summed E-state index contributed by atoms with van der Waals surface area (Å²) in [6, 6.07) is 17.7. The van der Waals surface area contributed by atoms with E-state index in [4.69, 9.17) is 5.11 Å². The van der Waals surface area contributed by atoms with Crippen molar-refractivity contribution in [1.82, 2.24) is 9.88 Å². The Balaban J connectivity index is 1.63. The van der Waals surface area contributed by atoms with E-state index in [0.717, 1.165) is 11.1 Å². The molecular formula is C24H23N3O4. The molecule has 0 fully saturated rings. The Morgan fingerprint density at radius 3 is 2.55 bits per heavy atom. The van der Waals surface area contributed by atoms with Crippen LogP contribution >= 0.6 is 0 Å². The minimum absolute atomic E-state index is 0.0306. The SMILES string of the molecule is Cc1ccc(C(=O)c2cccn2C/C=C/c2cccc(NC(=O)NCC(=O)O)c2)cc1. The monoisotopic (exact) mass is 417 g/mol. The van der Waals surface area contributed by atoms with Crippen molar-refractivity contribution in [2.24, 2.45) is 0 Å². The first kappa shape index (κ1) is 21.6. The summed E-state index contributed by atoms with van der Waals surface area (Å²) in [6.07, 6.45) is 5.67. The molecule has 158 valence electrons. The lowest BCUT2D eigenvalue weighted by molar-refractivity contribution is -0.135. The van der Waals surface area contributed by atoms with E-state index >= 15 is 0 Å². The highest BCUT2D eigenvalue weighted by molar-refractivity contribution is 6.08. The van der Waals surface area contributed by atoms with Crippen LogP contribution in [-0.2, 0) is 11.3 Å². The van der Waals surface area contributed by atoms with Gasteiger partial charge in [-0.15, -0.1) is 0 Å². The average molecular weight is 417 g/mol. The second-order valence-electron chi connectivity index (χ2n) is 6.97. The maximum atomic E-state index is 12.8. The van der Waals surface area contributed by atoms with Gasteiger partial charge in [0.2, 0.25) is 5.78 Å². The Labute approximate surface area is 180 Å². The summed E-state index contributed by atoms with van der Waals surface area (Å²) in [4.78, 5) is 35.0. The summed E-state index contributed by atoms with van der Waals surface area (Å²) in [5.74, 6) is -1.14. The highest BCUT2D eigenvalue weighted by Crippen LogP contribution is 2.14. The quantitative estimate of drug-likeness (QED) is 0.483. The molecule has 2 amide bonds. The normalized spacial score (nSPS) is 10.7. The van der Waals surface area contributed by atoms with Gasteiger partial charge in [0.25, 0.3) is 0 Å². The van der Waals surface area contributed by atoms with Crippen LogP contribution in [0, 0.1) is 6.92 Å². The molecule has 3 N–H and O–H groups in total. The lowest BCUT2D eigenvalue weighted by Crippen LogP contribution is -2.33. The Bertz CT molecular complexity index is 1110. The lowest BCUT2D eigenvalue weighted by Gasteiger charge is -2.07. The molecule has 7 heteroatoms. The molecule has 3 aromatic rings. The molecule has 0 spiro atoms. The number of nitrogens with zero attached hydrogens (tertiary/aromatic N) is 1. The summed E-state index contributed by atoms with van der Waals surface area (Å²) in [5.41, 5.74) is 3.76. The number of allylic oxidation sites excluding steroid dienone is 1. The fourth-order valence-electron chi connectivity index (χ4n) is 2.99. The van der Waals surface area contributed by atoms with Crippen molar-refractivity contribution in [1.29, 1.82) is 0 Å². The number of benzene rings is 2. The second kappa shape index (κ2) is 10.1. The average Bonchev–Trinajstić information content (AvgIpc) is 3.21. The number of hydrogen-bond donors (Lipinski definition) is 3. The van der Waals surface area contributed by atoms with Crippen LogP contribution in [0.15, 0.2) is 72.9 Å². The maximum absolute atomic E-state index is 12.8. The molecule has 0 radical (unpaired) electrons. The van der Waals surface area contributed by atoms with Gasteiger partial charge >= 0.3 is 12.0 Å². The van der Waals surface area contributed by atoms with E-state index in [1.54, 1.807) is 24.3 Å². The van der Waals surface area contributed by atoms with Crippen molar-refractivity contribution in [3.8, 4) is 0 Å². The molecule has 0 saturated carbocycles. The number of carbonyl (C=O) groups excluding carboxylic acids is 2. The number of carbonyl (C=O) groups is 3. The number of amides is 2. The molecule has 0 atom stereocenters. The van der Waals surface area contributed by atoms with Crippen LogP contribution in [0.5, 0.6) is 0 Å². The van der Waals surface area contributed by atoms with Crippen molar-refractivity contribution in [2.75, 3.05) is 11.9 Å². The first-order chi connectivity index (χ1) is 14.9. The van der Waals surface area contributed by atoms with Crippen molar-refractivity contribution in [2.45, 2.75) is 13.5 Å². The zero-order chi connectivity index (χ0) is 22.2. The summed E-state index contributed by atoms with van der Waals surface area (Å²) in [7, 11) is 0. The molecule has 31 heavy (non-hydrogen) atoms. The Hall–Kier alpha value is -4.13. The van der Waals surface area contributed by atoms with Crippen LogP contribution in [0.2, 0.25) is 0 Å². The van der Waals surface area contributed by atoms with Crippen LogP contribution in [0.1, 0.15) is 27.2 Å². The predicted octanol–water partition coefficient (Wildman–Crippen LogP) is 3.95. The van der Waals surface area contributed by atoms with E-state index in [9.17, 15) is 14.4 Å². The Morgan fingerprint density at radius 1 is 1.03 bits per heavy atom. The van der Waals surface area contributed by atoms with Gasteiger partial charge in [-0.1, -0.05) is 54.1 Å². The molecular weight excluding hydrogens is 394 g/mol. The first-order valence-electron chi connectivity index (χ1n) is 9.72. The number of urea groups is 1. The number of anilines is 1. The van der Waals surface area contributed by atoms with Crippen molar-refractivity contribution in [3.63, 3.8) is 0 Å². The summed E-state index contributed by atoms with van der Waals surface area (Å²) >= 11 is 0. The topological polar surface area (TPSA) is 100 Å². The van der Waals surface area contributed by atoms with Gasteiger partial charge in [-0.25, -0.2) is 4.79 Å². The molecule has 2 aromatic carbocycles. The van der Waals surface area contributed by atoms with Crippen LogP contribution in [0.25, 0.3) is 6.08 Å². The van der Waals surface area contributed by atoms with E-state index < -0.39 is 18.5 Å². The predicted molar refractivity (Wildman–Crippen MR) is 119 cm³/mol. The van der Waals surface area contributed by atoms with Crippen molar-refractivity contribution >= 4 is 29.5 Å². The van der Waals surface area contributed by atoms with E-state index in [0.29, 0.717) is 23.5 Å². The summed E-state index contributed by atoms with van der Waals surface area (Å²) in [6.45, 7) is 2.04. The molecule has 1 heterocycles. The molecule has 0 aliphatic carbocycles. The van der Waals surface area contributed by atoms with E-state index in [2.05, 4.69) is 10.6 Å². The van der Waals surface area contributed by atoms with Crippen molar-refractivity contribution in [3.05, 3.63) is 95.3 Å². The molecule has 0 unspecified atom stereocenters. The first-order valence-corrected chi connectivity index (χ1v) is 9.72. The van der Waals surface area contributed by atoms with Gasteiger partial charge in [0.1, 0.15) is 6.54 Å². The summed E-state index contributed by atoms with van der Waals surface area (Å²) < 4.78 is 1.88. The lowest BCUT2D eigenvalue weighted by atomic mass is 10.1. The highest BCUT2D eigenvalue weighted by atomic mass is 16.4. The van der Waals surface area contributed by atoms with Gasteiger partial charge in [0.15, 0.2) is 0 Å². The van der Waals surface area contributed by atoms with Gasteiger partial charge in [0, 0.05) is 24.0 Å². The summed E-state index contributed by atoms with van der Waals surface area (Å²) in [5, 5.41) is 13.4. The van der Waals surface area contributed by atoms with Crippen LogP contribution < -0.4 is 10.6 Å². The third kappa shape index (κ3) is 6.17. The molecule has 7 nitrogen and oxygen atoms in total. The number of carboxylic acids is 1. The van der Waals surface area contributed by atoms with Crippen LogP contribution in [-0.4, -0.2) is 34.0 Å². The second-order valence-corrected chi connectivity index (χ2v) is 6.97. The van der Waals surface area contributed by atoms with Gasteiger partial charge < -0.3 is 20.3 Å². The number of hydrogen-bond acceptors (Lipinski definition) is 3. The third-order valence-corrected chi connectivity index (χ3v) is 4.53. The number of aromatic nitrogens is 1. The number of rotatable bonds is 8. The fourth-order valence-corrected chi connectivity index (χ4v) is 2.99. The molecule has 3 rings (SSSR count). The zero-order valence-corrected chi connectivity index (χ0v) is 17.0. The van der Waals surface area contributed by atoms with Gasteiger partial charge in [-0.05, 0) is 36.8 Å². The Morgan fingerprint density at radius 2 is 1.81 bits per heavy atom. The van der Waals surface area contributed by atoms with Gasteiger partial charge in [0.05, 0.1) is 5.69 Å². The molecule has 1 aromatic heterocycles. The third-order valence-electron chi connectivity index (χ3n) is 4.53. The number of nitrogens with one attached hydrogen (secondary N) is 2. The van der Waals surface area contributed by atoms with Crippen LogP contribution in [0.4, 0.5) is 10.5 Å². The minimum atomic E-state index is -1.11. The number of aliphatic carboxylic acids is 1. The van der Waals surface area contributed by atoms with E-state index in [1.165, 1.54) is 0 Å². The van der Waals surface area contributed by atoms with Gasteiger partial charge in [-0.3, -0.25) is 9.59 Å².